The third-order valence-electron chi connectivity index (χ3n) is 4.03. The molecule has 0 aliphatic carbocycles. The first-order chi connectivity index (χ1) is 14.5. The van der Waals surface area contributed by atoms with E-state index in [1.165, 1.54) is 12.1 Å². The monoisotopic (exact) mass is 581 g/mol. The van der Waals surface area contributed by atoms with Crippen LogP contribution in [0.3, 0.4) is 0 Å². The largest absolute Gasteiger partial charge is 0.493 e. The Kier molecular flexibility index (Phi) is 7.63. The van der Waals surface area contributed by atoms with Crippen molar-refractivity contribution in [3.05, 3.63) is 89.9 Å². The number of benzene rings is 3. The number of halogens is 2. The van der Waals surface area contributed by atoms with E-state index < -0.39 is 4.92 Å². The highest BCUT2D eigenvalue weighted by Crippen LogP contribution is 2.34. The predicted octanol–water partition coefficient (Wildman–Crippen LogP) is 6.00. The van der Waals surface area contributed by atoms with Gasteiger partial charge in [-0.3, -0.25) is 15.5 Å². The van der Waals surface area contributed by atoms with Gasteiger partial charge >= 0.3 is 0 Å². The fraction of sp³-hybridized carbons (Fsp3) is 0.0952. The second-order valence-corrected chi connectivity index (χ2v) is 8.20. The number of nitrogens with zero attached hydrogens (tertiary/aromatic N) is 2. The van der Waals surface area contributed by atoms with Crippen LogP contribution in [-0.2, 0) is 6.61 Å². The van der Waals surface area contributed by atoms with Gasteiger partial charge in [-0.15, -0.1) is 0 Å². The lowest BCUT2D eigenvalue weighted by atomic mass is 10.2. The van der Waals surface area contributed by atoms with Crippen molar-refractivity contribution in [1.82, 2.24) is 0 Å². The van der Waals surface area contributed by atoms with Crippen molar-refractivity contribution in [2.24, 2.45) is 5.10 Å². The van der Waals surface area contributed by atoms with E-state index >= 15 is 0 Å². The zero-order chi connectivity index (χ0) is 21.5. The summed E-state index contributed by atoms with van der Waals surface area (Å²) in [5.41, 5.74) is 5.40. The lowest BCUT2D eigenvalue weighted by molar-refractivity contribution is -0.384. The van der Waals surface area contributed by atoms with E-state index in [2.05, 4.69) is 49.0 Å². The number of anilines is 1. The van der Waals surface area contributed by atoms with Crippen LogP contribution in [0.15, 0.2) is 70.2 Å². The van der Waals surface area contributed by atoms with Crippen LogP contribution in [0.5, 0.6) is 11.5 Å². The average Bonchev–Trinajstić information content (AvgIpc) is 2.74. The van der Waals surface area contributed by atoms with Gasteiger partial charge < -0.3 is 9.47 Å². The van der Waals surface area contributed by atoms with Crippen molar-refractivity contribution in [3.63, 3.8) is 0 Å². The highest BCUT2D eigenvalue weighted by Gasteiger charge is 2.11. The molecule has 0 saturated carbocycles. The van der Waals surface area contributed by atoms with Crippen molar-refractivity contribution >= 4 is 56.1 Å². The molecule has 0 aromatic heterocycles. The normalized spacial score (nSPS) is 10.8. The minimum Gasteiger partial charge on any atom is -0.493 e. The fourth-order valence-electron chi connectivity index (χ4n) is 2.53. The summed E-state index contributed by atoms with van der Waals surface area (Å²) in [6, 6.07) is 17.7. The van der Waals surface area contributed by atoms with Crippen LogP contribution in [0.25, 0.3) is 0 Å². The standard InChI is InChI=1S/C21H17BrIN3O4/c1-29-20-11-15(12-24-25-17-6-8-18(9-7-17)26(27)28)10-19(23)21(20)30-13-14-2-4-16(22)5-3-14/h2-12,25H,13H2,1H3/b24-12+. The minimum absolute atomic E-state index is 0.0301. The molecule has 0 heterocycles. The molecule has 7 nitrogen and oxygen atoms in total. The number of nitro groups is 1. The Morgan fingerprint density at radius 3 is 2.50 bits per heavy atom. The van der Waals surface area contributed by atoms with E-state index in [1.54, 1.807) is 25.5 Å². The summed E-state index contributed by atoms with van der Waals surface area (Å²) in [5, 5.41) is 14.9. The number of hydrogen-bond acceptors (Lipinski definition) is 6. The fourth-order valence-corrected chi connectivity index (χ4v) is 3.57. The van der Waals surface area contributed by atoms with Gasteiger partial charge in [-0.2, -0.15) is 5.10 Å². The Hall–Kier alpha value is -2.66. The summed E-state index contributed by atoms with van der Waals surface area (Å²) in [7, 11) is 1.59. The molecule has 0 spiro atoms. The summed E-state index contributed by atoms with van der Waals surface area (Å²) in [4.78, 5) is 10.3. The highest BCUT2D eigenvalue weighted by molar-refractivity contribution is 14.1. The lowest BCUT2D eigenvalue weighted by Crippen LogP contribution is -2.01. The Balaban J connectivity index is 1.68. The molecular formula is C21H17BrIN3O4. The first-order valence-electron chi connectivity index (χ1n) is 8.74. The van der Waals surface area contributed by atoms with Crippen molar-refractivity contribution in [1.29, 1.82) is 0 Å². The molecule has 0 unspecified atom stereocenters. The third kappa shape index (κ3) is 5.92. The summed E-state index contributed by atoms with van der Waals surface area (Å²) < 4.78 is 13.4. The molecule has 0 saturated heterocycles. The lowest BCUT2D eigenvalue weighted by Gasteiger charge is -2.13. The Morgan fingerprint density at radius 1 is 1.17 bits per heavy atom. The minimum atomic E-state index is -0.443. The first kappa shape index (κ1) is 22.0. The van der Waals surface area contributed by atoms with Gasteiger partial charge in [-0.25, -0.2) is 0 Å². The van der Waals surface area contributed by atoms with Gasteiger partial charge in [-0.05, 0) is 70.1 Å². The molecule has 0 radical (unpaired) electrons. The number of nitrogens with one attached hydrogen (secondary N) is 1. The third-order valence-corrected chi connectivity index (χ3v) is 5.36. The van der Waals surface area contributed by atoms with Crippen molar-refractivity contribution < 1.29 is 14.4 Å². The number of nitro benzene ring substituents is 1. The van der Waals surface area contributed by atoms with Crippen LogP contribution in [-0.4, -0.2) is 18.2 Å². The Morgan fingerprint density at radius 2 is 1.87 bits per heavy atom. The topological polar surface area (TPSA) is 86.0 Å². The molecule has 9 heteroatoms. The van der Waals surface area contributed by atoms with E-state index in [0.717, 1.165) is 19.2 Å². The van der Waals surface area contributed by atoms with E-state index in [-0.39, 0.29) is 5.69 Å². The van der Waals surface area contributed by atoms with Crippen LogP contribution in [0.1, 0.15) is 11.1 Å². The highest BCUT2D eigenvalue weighted by atomic mass is 127. The van der Waals surface area contributed by atoms with Crippen LogP contribution >= 0.6 is 38.5 Å². The first-order valence-corrected chi connectivity index (χ1v) is 10.6. The SMILES string of the molecule is COc1cc(/C=N/Nc2ccc([N+](=O)[O-])cc2)cc(I)c1OCc1ccc(Br)cc1. The molecule has 0 atom stereocenters. The van der Waals surface area contributed by atoms with Crippen molar-refractivity contribution in [2.45, 2.75) is 6.61 Å². The second kappa shape index (κ2) is 10.4. The maximum absolute atomic E-state index is 10.7. The van der Waals surface area contributed by atoms with Crippen LogP contribution in [0.4, 0.5) is 11.4 Å². The predicted molar refractivity (Wildman–Crippen MR) is 128 cm³/mol. The van der Waals surface area contributed by atoms with Crippen molar-refractivity contribution in [2.75, 3.05) is 12.5 Å². The molecule has 1 N–H and O–H groups in total. The van der Waals surface area contributed by atoms with Crippen LogP contribution in [0, 0.1) is 13.7 Å². The van der Waals surface area contributed by atoms with Gasteiger partial charge in [0.2, 0.25) is 0 Å². The molecule has 0 bridgehead atoms. The molecule has 3 aromatic carbocycles. The van der Waals surface area contributed by atoms with Crippen LogP contribution in [0.2, 0.25) is 0 Å². The van der Waals surface area contributed by atoms with Gasteiger partial charge in [0.1, 0.15) is 6.61 Å². The smallest absolute Gasteiger partial charge is 0.269 e. The van der Waals surface area contributed by atoms with Crippen LogP contribution < -0.4 is 14.9 Å². The van der Waals surface area contributed by atoms with Gasteiger partial charge in [0.05, 0.1) is 27.5 Å². The molecule has 30 heavy (non-hydrogen) atoms. The average molecular weight is 582 g/mol. The Bertz CT molecular complexity index is 1060. The molecule has 0 amide bonds. The zero-order valence-corrected chi connectivity index (χ0v) is 19.6. The molecule has 3 rings (SSSR count). The maximum atomic E-state index is 10.7. The summed E-state index contributed by atoms with van der Waals surface area (Å²) in [6.07, 6.45) is 1.64. The molecule has 0 fully saturated rings. The van der Waals surface area contributed by atoms with Crippen molar-refractivity contribution in [3.8, 4) is 11.5 Å². The molecule has 0 aliphatic heterocycles. The molecule has 0 aliphatic rings. The Labute approximate surface area is 195 Å². The molecular weight excluding hydrogens is 565 g/mol. The zero-order valence-electron chi connectivity index (χ0n) is 15.8. The van der Waals surface area contributed by atoms with Gasteiger partial charge in [0, 0.05) is 16.6 Å². The molecule has 154 valence electrons. The van der Waals surface area contributed by atoms with E-state index in [1.807, 2.05) is 36.4 Å². The number of hydrazone groups is 1. The summed E-state index contributed by atoms with van der Waals surface area (Å²) in [5.74, 6) is 1.28. The molecule has 3 aromatic rings. The number of hydrogen-bond donors (Lipinski definition) is 1. The second-order valence-electron chi connectivity index (χ2n) is 6.12. The van der Waals surface area contributed by atoms with E-state index in [4.69, 9.17) is 9.47 Å². The maximum Gasteiger partial charge on any atom is 0.269 e. The van der Waals surface area contributed by atoms with Gasteiger partial charge in [-0.1, -0.05) is 28.1 Å². The number of methoxy groups -OCH3 is 1. The van der Waals surface area contributed by atoms with E-state index in [9.17, 15) is 10.1 Å². The van der Waals surface area contributed by atoms with Gasteiger partial charge in [0.15, 0.2) is 11.5 Å². The number of rotatable bonds is 8. The number of non-ortho nitro benzene ring substituents is 1. The summed E-state index contributed by atoms with van der Waals surface area (Å²) in [6.45, 7) is 0.425. The van der Waals surface area contributed by atoms with E-state index in [0.29, 0.717) is 23.8 Å². The summed E-state index contributed by atoms with van der Waals surface area (Å²) >= 11 is 5.62. The van der Waals surface area contributed by atoms with Gasteiger partial charge in [0.25, 0.3) is 5.69 Å². The number of ether oxygens (including phenoxy) is 2. The quantitative estimate of drug-likeness (QED) is 0.153.